The van der Waals surface area contributed by atoms with Gasteiger partial charge in [-0.2, -0.15) is 12.6 Å². The van der Waals surface area contributed by atoms with Gasteiger partial charge in [0, 0.05) is 6.42 Å². The molecule has 0 aromatic heterocycles. The molecule has 0 aliphatic carbocycles. The summed E-state index contributed by atoms with van der Waals surface area (Å²) in [6.07, 6.45) is -0.00734. The number of ketones is 1. The zero-order valence-electron chi connectivity index (χ0n) is 15.3. The molecule has 0 aliphatic rings. The SMILES string of the molecule is CCOC(=O)C(C(=O)Cc1ccc(-c2ccccc2)cc1)[C@@H](S)C(=O)OC. The Bertz CT molecular complexity index is 786. The molecule has 2 rings (SSSR count). The summed E-state index contributed by atoms with van der Waals surface area (Å²) in [5.41, 5.74) is 2.83. The quantitative estimate of drug-likeness (QED) is 0.429. The van der Waals surface area contributed by atoms with Crippen molar-refractivity contribution in [3.63, 3.8) is 0 Å². The first kappa shape index (κ1) is 20.7. The Kier molecular flexibility index (Phi) is 7.61. The number of carbonyl (C=O) groups is 3. The summed E-state index contributed by atoms with van der Waals surface area (Å²) in [4.78, 5) is 36.6. The molecule has 5 nitrogen and oxygen atoms in total. The summed E-state index contributed by atoms with van der Waals surface area (Å²) in [5.74, 6) is -3.26. The van der Waals surface area contributed by atoms with Gasteiger partial charge in [0.25, 0.3) is 0 Å². The van der Waals surface area contributed by atoms with Crippen LogP contribution in [0.4, 0.5) is 0 Å². The minimum Gasteiger partial charge on any atom is -0.468 e. The Labute approximate surface area is 164 Å². The molecule has 0 spiro atoms. The second-order valence-corrected chi connectivity index (χ2v) is 6.46. The van der Waals surface area contributed by atoms with E-state index < -0.39 is 28.9 Å². The molecule has 0 saturated heterocycles. The van der Waals surface area contributed by atoms with Crippen molar-refractivity contribution in [3.8, 4) is 11.1 Å². The molecular weight excluding hydrogens is 364 g/mol. The molecular formula is C21H22O5S. The van der Waals surface area contributed by atoms with Crippen molar-refractivity contribution in [1.29, 1.82) is 0 Å². The Morgan fingerprint density at radius 1 is 0.926 bits per heavy atom. The van der Waals surface area contributed by atoms with Gasteiger partial charge in [-0.15, -0.1) is 0 Å². The topological polar surface area (TPSA) is 69.7 Å². The van der Waals surface area contributed by atoms with Gasteiger partial charge in [0.05, 0.1) is 13.7 Å². The van der Waals surface area contributed by atoms with Crippen LogP contribution < -0.4 is 0 Å². The Balaban J connectivity index is 2.16. The lowest BCUT2D eigenvalue weighted by molar-refractivity contribution is -0.156. The van der Waals surface area contributed by atoms with E-state index in [1.54, 1.807) is 6.92 Å². The molecule has 2 aromatic carbocycles. The van der Waals surface area contributed by atoms with Crippen LogP contribution in [0.3, 0.4) is 0 Å². The van der Waals surface area contributed by atoms with Crippen LogP contribution >= 0.6 is 12.6 Å². The predicted octanol–water partition coefficient (Wildman–Crippen LogP) is 3.12. The number of Topliss-reactive ketones (excluding diaryl/α,β-unsaturated/α-hetero) is 1. The van der Waals surface area contributed by atoms with Crippen molar-refractivity contribution in [2.75, 3.05) is 13.7 Å². The number of hydrogen-bond donors (Lipinski definition) is 1. The standard InChI is InChI=1S/C21H22O5S/c1-3-26-20(23)18(19(27)21(24)25-2)17(22)13-14-9-11-16(12-10-14)15-7-5-4-6-8-15/h4-12,18-19,27H,3,13H2,1-2H3/t18?,19-/m1/s1. The highest BCUT2D eigenvalue weighted by Gasteiger charge is 2.38. The number of carbonyl (C=O) groups excluding carboxylic acids is 3. The van der Waals surface area contributed by atoms with Crippen molar-refractivity contribution in [1.82, 2.24) is 0 Å². The fourth-order valence-electron chi connectivity index (χ4n) is 2.68. The van der Waals surface area contributed by atoms with Gasteiger partial charge in [-0.3, -0.25) is 14.4 Å². The lowest BCUT2D eigenvalue weighted by Crippen LogP contribution is -2.39. The van der Waals surface area contributed by atoms with Crippen LogP contribution in [-0.2, 0) is 30.3 Å². The first-order chi connectivity index (χ1) is 13.0. The first-order valence-corrected chi connectivity index (χ1v) is 9.09. The Hall–Kier alpha value is -2.60. The van der Waals surface area contributed by atoms with Gasteiger partial charge in [0.1, 0.15) is 11.2 Å². The van der Waals surface area contributed by atoms with Crippen LogP contribution in [-0.4, -0.2) is 36.7 Å². The number of thiol groups is 1. The van der Waals surface area contributed by atoms with Crippen LogP contribution in [0.5, 0.6) is 0 Å². The molecule has 0 radical (unpaired) electrons. The largest absolute Gasteiger partial charge is 0.468 e. The van der Waals surface area contributed by atoms with Crippen LogP contribution in [0.2, 0.25) is 0 Å². The summed E-state index contributed by atoms with van der Waals surface area (Å²) in [5, 5.41) is -1.20. The molecule has 0 N–H and O–H groups in total. The molecule has 0 fully saturated rings. The predicted molar refractivity (Wildman–Crippen MR) is 106 cm³/mol. The molecule has 142 valence electrons. The summed E-state index contributed by atoms with van der Waals surface area (Å²) in [7, 11) is 1.18. The maximum atomic E-state index is 12.7. The van der Waals surface area contributed by atoms with Crippen LogP contribution in [0, 0.1) is 5.92 Å². The highest BCUT2D eigenvalue weighted by molar-refractivity contribution is 7.81. The fourth-order valence-corrected chi connectivity index (χ4v) is 3.08. The molecule has 0 aliphatic heterocycles. The molecule has 0 amide bonds. The van der Waals surface area contributed by atoms with Gasteiger partial charge in [-0.05, 0) is 23.6 Å². The summed E-state index contributed by atoms with van der Waals surface area (Å²) in [6.45, 7) is 1.74. The van der Waals surface area contributed by atoms with Crippen molar-refractivity contribution >= 4 is 30.4 Å². The van der Waals surface area contributed by atoms with E-state index in [0.717, 1.165) is 16.7 Å². The molecule has 1 unspecified atom stereocenters. The van der Waals surface area contributed by atoms with E-state index in [2.05, 4.69) is 17.4 Å². The number of methoxy groups -OCH3 is 1. The first-order valence-electron chi connectivity index (χ1n) is 8.57. The van der Waals surface area contributed by atoms with E-state index in [-0.39, 0.29) is 13.0 Å². The second-order valence-electron chi connectivity index (χ2n) is 5.90. The highest BCUT2D eigenvalue weighted by atomic mass is 32.1. The summed E-state index contributed by atoms with van der Waals surface area (Å²) in [6, 6.07) is 17.3. The van der Waals surface area contributed by atoms with Crippen LogP contribution in [0.15, 0.2) is 54.6 Å². The summed E-state index contributed by atoms with van der Waals surface area (Å²) >= 11 is 4.11. The number of hydrogen-bond acceptors (Lipinski definition) is 6. The zero-order valence-corrected chi connectivity index (χ0v) is 16.1. The van der Waals surface area contributed by atoms with Crippen LogP contribution in [0.1, 0.15) is 12.5 Å². The van der Waals surface area contributed by atoms with Gasteiger partial charge < -0.3 is 9.47 Å². The number of esters is 2. The van der Waals surface area contributed by atoms with E-state index in [1.165, 1.54) is 7.11 Å². The normalized spacial score (nSPS) is 12.7. The third kappa shape index (κ3) is 5.44. The molecule has 2 atom stereocenters. The molecule has 0 heterocycles. The van der Waals surface area contributed by atoms with Gasteiger partial charge in [-0.25, -0.2) is 0 Å². The van der Waals surface area contributed by atoms with E-state index in [0.29, 0.717) is 0 Å². The Morgan fingerprint density at radius 2 is 1.52 bits per heavy atom. The lowest BCUT2D eigenvalue weighted by atomic mass is 9.93. The fraction of sp³-hybridized carbons (Fsp3) is 0.286. The molecule has 6 heteroatoms. The van der Waals surface area contributed by atoms with E-state index >= 15 is 0 Å². The maximum Gasteiger partial charge on any atom is 0.319 e. The number of rotatable bonds is 8. The highest BCUT2D eigenvalue weighted by Crippen LogP contribution is 2.22. The third-order valence-electron chi connectivity index (χ3n) is 4.09. The van der Waals surface area contributed by atoms with Crippen molar-refractivity contribution in [2.45, 2.75) is 18.6 Å². The molecule has 27 heavy (non-hydrogen) atoms. The number of ether oxygens (including phenoxy) is 2. The Morgan fingerprint density at radius 3 is 2.07 bits per heavy atom. The average Bonchev–Trinajstić information content (AvgIpc) is 2.69. The van der Waals surface area contributed by atoms with Gasteiger partial charge >= 0.3 is 11.9 Å². The smallest absolute Gasteiger partial charge is 0.319 e. The van der Waals surface area contributed by atoms with Crippen molar-refractivity contribution in [3.05, 3.63) is 60.2 Å². The minimum atomic E-state index is -1.31. The average molecular weight is 386 g/mol. The molecule has 2 aromatic rings. The third-order valence-corrected chi connectivity index (χ3v) is 4.59. The zero-order chi connectivity index (χ0) is 19.8. The van der Waals surface area contributed by atoms with E-state index in [1.807, 2.05) is 54.6 Å². The second kappa shape index (κ2) is 9.92. The monoisotopic (exact) mass is 386 g/mol. The van der Waals surface area contributed by atoms with Crippen molar-refractivity contribution in [2.24, 2.45) is 5.92 Å². The minimum absolute atomic E-state index is 0.00734. The number of benzene rings is 2. The van der Waals surface area contributed by atoms with Gasteiger partial charge in [-0.1, -0.05) is 54.6 Å². The summed E-state index contributed by atoms with van der Waals surface area (Å²) < 4.78 is 9.55. The van der Waals surface area contributed by atoms with E-state index in [4.69, 9.17) is 4.74 Å². The van der Waals surface area contributed by atoms with Crippen LogP contribution in [0.25, 0.3) is 11.1 Å². The van der Waals surface area contributed by atoms with Crippen molar-refractivity contribution < 1.29 is 23.9 Å². The maximum absolute atomic E-state index is 12.7. The molecule has 0 saturated carbocycles. The lowest BCUT2D eigenvalue weighted by Gasteiger charge is -2.19. The van der Waals surface area contributed by atoms with E-state index in [9.17, 15) is 14.4 Å². The van der Waals surface area contributed by atoms with Gasteiger partial charge in [0.15, 0.2) is 5.78 Å². The molecule has 0 bridgehead atoms. The van der Waals surface area contributed by atoms with Gasteiger partial charge in [0.2, 0.25) is 0 Å².